The highest BCUT2D eigenvalue weighted by Crippen LogP contribution is 2.38. The van der Waals surface area contributed by atoms with E-state index < -0.39 is 0 Å². The van der Waals surface area contributed by atoms with Gasteiger partial charge in [0.05, 0.1) is 11.1 Å². The molecule has 112 valence electrons. The Morgan fingerprint density at radius 1 is 1.38 bits per heavy atom. The molecule has 21 heavy (non-hydrogen) atoms. The molecule has 0 radical (unpaired) electrons. The van der Waals surface area contributed by atoms with Gasteiger partial charge in [-0.1, -0.05) is 11.6 Å². The molecule has 0 fully saturated rings. The van der Waals surface area contributed by atoms with Gasteiger partial charge in [0.25, 0.3) is 0 Å². The Bertz CT molecular complexity index is 650. The molecule has 6 heteroatoms. The zero-order valence-corrected chi connectivity index (χ0v) is 15.4. The Morgan fingerprint density at radius 2 is 2.19 bits per heavy atom. The maximum Gasteiger partial charge on any atom is 0.129 e. The third kappa shape index (κ3) is 3.17. The van der Waals surface area contributed by atoms with Crippen LogP contribution in [0.1, 0.15) is 26.9 Å². The Labute approximate surface area is 145 Å². The third-order valence-corrected chi connectivity index (χ3v) is 7.08. The van der Waals surface area contributed by atoms with Crippen molar-refractivity contribution in [3.05, 3.63) is 54.4 Å². The first kappa shape index (κ1) is 15.8. The summed E-state index contributed by atoms with van der Waals surface area (Å²) in [6.07, 6.45) is 1.12. The molecule has 0 saturated heterocycles. The molecule has 2 aromatic rings. The predicted octanol–water partition coefficient (Wildman–Crippen LogP) is 5.40. The highest BCUT2D eigenvalue weighted by Gasteiger charge is 2.22. The van der Waals surface area contributed by atoms with Crippen molar-refractivity contribution < 1.29 is 4.39 Å². The number of benzene rings is 1. The minimum atomic E-state index is -0.244. The number of rotatable bonds is 3. The average molecular weight is 407 g/mol. The van der Waals surface area contributed by atoms with Crippen LogP contribution in [0.2, 0.25) is 5.02 Å². The number of thiophene rings is 1. The van der Waals surface area contributed by atoms with E-state index in [1.54, 1.807) is 17.4 Å². The van der Waals surface area contributed by atoms with Crippen molar-refractivity contribution in [1.82, 2.24) is 5.32 Å². The fourth-order valence-corrected chi connectivity index (χ4v) is 5.52. The Hall–Kier alpha value is -0.0700. The summed E-state index contributed by atoms with van der Waals surface area (Å²) >= 11 is 13.1. The van der Waals surface area contributed by atoms with E-state index in [0.717, 1.165) is 17.1 Å². The molecular weight excluding hydrogens is 393 g/mol. The molecule has 1 atom stereocenters. The summed E-state index contributed by atoms with van der Waals surface area (Å²) < 4.78 is 14.9. The molecule has 1 aromatic heterocycles. The van der Waals surface area contributed by atoms with E-state index in [4.69, 9.17) is 11.6 Å². The van der Waals surface area contributed by atoms with E-state index in [2.05, 4.69) is 27.3 Å². The lowest BCUT2D eigenvalue weighted by atomic mass is 10.0. The quantitative estimate of drug-likeness (QED) is 0.685. The SMILES string of the molecule is CNC(c1cc2c(s1)CCSC2)c1cc(Cl)c(Br)cc1F. The molecule has 0 spiro atoms. The van der Waals surface area contributed by atoms with Crippen molar-refractivity contribution in [3.8, 4) is 0 Å². The van der Waals surface area contributed by atoms with Gasteiger partial charge in [0.2, 0.25) is 0 Å². The van der Waals surface area contributed by atoms with Gasteiger partial charge in [-0.25, -0.2) is 4.39 Å². The molecule has 0 amide bonds. The number of nitrogens with one attached hydrogen (secondary N) is 1. The van der Waals surface area contributed by atoms with Gasteiger partial charge in [-0.05, 0) is 58.9 Å². The van der Waals surface area contributed by atoms with Crippen molar-refractivity contribution in [1.29, 1.82) is 0 Å². The van der Waals surface area contributed by atoms with Crippen molar-refractivity contribution >= 4 is 50.6 Å². The normalized spacial score (nSPS) is 15.8. The zero-order valence-electron chi connectivity index (χ0n) is 11.4. The van der Waals surface area contributed by atoms with Gasteiger partial charge in [0.1, 0.15) is 5.82 Å². The maximum absolute atomic E-state index is 14.3. The van der Waals surface area contributed by atoms with Crippen LogP contribution in [-0.2, 0) is 12.2 Å². The van der Waals surface area contributed by atoms with Crippen LogP contribution in [0.3, 0.4) is 0 Å². The number of aryl methyl sites for hydroxylation is 1. The molecule has 2 heterocycles. The van der Waals surface area contributed by atoms with E-state index in [0.29, 0.717) is 15.1 Å². The van der Waals surface area contributed by atoms with E-state index >= 15 is 0 Å². The lowest BCUT2D eigenvalue weighted by Gasteiger charge is -2.16. The second-order valence-corrected chi connectivity index (χ2v) is 8.44. The summed E-state index contributed by atoms with van der Waals surface area (Å²) in [4.78, 5) is 2.59. The predicted molar refractivity (Wildman–Crippen MR) is 94.2 cm³/mol. The van der Waals surface area contributed by atoms with Gasteiger partial charge in [-0.15, -0.1) is 11.3 Å². The standard InChI is InChI=1S/C15H14BrClFNS2/c1-19-15(9-5-11(17)10(16)6-12(9)18)14-4-8-7-20-3-2-13(8)21-14/h4-6,15,19H,2-3,7H2,1H3. The first-order chi connectivity index (χ1) is 10.1. The lowest BCUT2D eigenvalue weighted by Crippen LogP contribution is -2.18. The van der Waals surface area contributed by atoms with Crippen molar-refractivity contribution in [2.45, 2.75) is 18.2 Å². The minimum absolute atomic E-state index is 0.156. The van der Waals surface area contributed by atoms with Gasteiger partial charge in [-0.3, -0.25) is 0 Å². The van der Waals surface area contributed by atoms with Gasteiger partial charge in [0.15, 0.2) is 0 Å². The first-order valence-corrected chi connectivity index (χ1v) is 9.75. The number of halogens is 3. The van der Waals surface area contributed by atoms with Crippen molar-refractivity contribution in [2.24, 2.45) is 0 Å². The van der Waals surface area contributed by atoms with E-state index in [-0.39, 0.29) is 11.9 Å². The summed E-state index contributed by atoms with van der Waals surface area (Å²) in [7, 11) is 1.85. The van der Waals surface area contributed by atoms with Gasteiger partial charge < -0.3 is 5.32 Å². The number of thioether (sulfide) groups is 1. The number of hydrogen-bond acceptors (Lipinski definition) is 3. The molecular formula is C15H14BrClFNS2. The fourth-order valence-electron chi connectivity index (χ4n) is 2.52. The molecule has 1 aromatic carbocycles. The minimum Gasteiger partial charge on any atom is -0.309 e. The maximum atomic E-state index is 14.3. The molecule has 1 aliphatic heterocycles. The lowest BCUT2D eigenvalue weighted by molar-refractivity contribution is 0.578. The van der Waals surface area contributed by atoms with Crippen molar-refractivity contribution in [3.63, 3.8) is 0 Å². The fraction of sp³-hybridized carbons (Fsp3) is 0.333. The molecule has 1 aliphatic rings. The molecule has 3 rings (SSSR count). The second kappa shape index (κ2) is 6.59. The Kier molecular flexibility index (Phi) is 4.96. The van der Waals surface area contributed by atoms with Crippen LogP contribution in [0, 0.1) is 5.82 Å². The van der Waals surface area contributed by atoms with Crippen LogP contribution < -0.4 is 5.32 Å². The topological polar surface area (TPSA) is 12.0 Å². The van der Waals surface area contributed by atoms with Crippen molar-refractivity contribution in [2.75, 3.05) is 12.8 Å². The number of fused-ring (bicyclic) bond motifs is 1. The summed E-state index contributed by atoms with van der Waals surface area (Å²) in [5.41, 5.74) is 1.99. The Balaban J connectivity index is 2.02. The van der Waals surface area contributed by atoms with Gasteiger partial charge >= 0.3 is 0 Å². The summed E-state index contributed by atoms with van der Waals surface area (Å²) in [5.74, 6) is 1.99. The average Bonchev–Trinajstić information content (AvgIpc) is 2.88. The summed E-state index contributed by atoms with van der Waals surface area (Å²) in [6.45, 7) is 0. The highest BCUT2D eigenvalue weighted by molar-refractivity contribution is 9.10. The zero-order chi connectivity index (χ0) is 15.0. The van der Waals surface area contributed by atoms with Crippen LogP contribution in [0.15, 0.2) is 22.7 Å². The van der Waals surface area contributed by atoms with E-state index in [1.165, 1.54) is 22.3 Å². The largest absolute Gasteiger partial charge is 0.309 e. The highest BCUT2D eigenvalue weighted by atomic mass is 79.9. The van der Waals surface area contributed by atoms with E-state index in [9.17, 15) is 4.39 Å². The van der Waals surface area contributed by atoms with Crippen LogP contribution in [0.5, 0.6) is 0 Å². The molecule has 0 bridgehead atoms. The van der Waals surface area contributed by atoms with Crippen LogP contribution >= 0.6 is 50.6 Å². The molecule has 0 aliphatic carbocycles. The molecule has 1 unspecified atom stereocenters. The summed E-state index contributed by atoms with van der Waals surface area (Å²) in [5, 5.41) is 3.75. The summed E-state index contributed by atoms with van der Waals surface area (Å²) in [6, 6.07) is 5.19. The number of hydrogen-bond donors (Lipinski definition) is 1. The van der Waals surface area contributed by atoms with E-state index in [1.807, 2.05) is 18.8 Å². The first-order valence-electron chi connectivity index (χ1n) is 6.61. The van der Waals surface area contributed by atoms with Gasteiger partial charge in [-0.2, -0.15) is 11.8 Å². The molecule has 1 N–H and O–H groups in total. The Morgan fingerprint density at radius 3 is 2.90 bits per heavy atom. The monoisotopic (exact) mass is 405 g/mol. The third-order valence-electron chi connectivity index (χ3n) is 3.57. The van der Waals surface area contributed by atoms with Gasteiger partial charge in [0, 0.05) is 25.5 Å². The molecule has 1 nitrogen and oxygen atoms in total. The van der Waals surface area contributed by atoms with Crippen LogP contribution in [-0.4, -0.2) is 12.8 Å². The van der Waals surface area contributed by atoms with Crippen LogP contribution in [0.25, 0.3) is 0 Å². The molecule has 0 saturated carbocycles. The van der Waals surface area contributed by atoms with Crippen LogP contribution in [0.4, 0.5) is 4.39 Å². The second-order valence-electron chi connectivity index (χ2n) is 4.91. The smallest absolute Gasteiger partial charge is 0.129 e.